The van der Waals surface area contributed by atoms with Crippen LogP contribution < -0.4 is 0 Å². The molecule has 1 rings (SSSR count). The van der Waals surface area contributed by atoms with E-state index >= 15 is 0 Å². The van der Waals surface area contributed by atoms with Crippen LogP contribution in [0.1, 0.15) is 0 Å². The van der Waals surface area contributed by atoms with Crippen molar-refractivity contribution in [3.8, 4) is 0 Å². The first-order valence-corrected chi connectivity index (χ1v) is 7.99. The van der Waals surface area contributed by atoms with Crippen LogP contribution >= 0.6 is 0 Å². The molecule has 13 heavy (non-hydrogen) atoms. The smallest absolute Gasteiger partial charge is 0.278 e. The van der Waals surface area contributed by atoms with Crippen LogP contribution in [0.4, 0.5) is 0 Å². The minimum absolute atomic E-state index is 0.947. The van der Waals surface area contributed by atoms with E-state index in [-0.39, 0.29) is 0 Å². The third kappa shape index (κ3) is 2.91. The summed E-state index contributed by atoms with van der Waals surface area (Å²) in [4.78, 5) is 4.22. The molecule has 0 unspecified atom stereocenters. The lowest BCUT2D eigenvalue weighted by Gasteiger charge is -2.19. The molecular weight excluding hydrogens is 182 g/mol. The van der Waals surface area contributed by atoms with Crippen LogP contribution in [0, 0.1) is 0 Å². The Balaban J connectivity index is 2.59. The number of hydrogen-bond acceptors (Lipinski definition) is 2. The third-order valence-corrected chi connectivity index (χ3v) is 2.49. The predicted octanol–water partition coefficient (Wildman–Crippen LogP) is 0.986. The molecule has 4 nitrogen and oxygen atoms in total. The fourth-order valence-electron chi connectivity index (χ4n) is 1.11. The summed E-state index contributed by atoms with van der Waals surface area (Å²) in [6.45, 7) is 8.46. The Morgan fingerprint density at radius 3 is 2.00 bits per heavy atom. The molecule has 1 aliphatic heterocycles. The number of likely N-dealkylation sites (N-methyl/N-ethyl adjacent to an activating group) is 2. The van der Waals surface area contributed by atoms with Gasteiger partial charge in [-0.3, -0.25) is 0 Å². The van der Waals surface area contributed by atoms with Gasteiger partial charge in [-0.1, -0.05) is 5.16 Å². The van der Waals surface area contributed by atoms with Crippen molar-refractivity contribution in [2.24, 2.45) is 5.16 Å². The summed E-state index contributed by atoms with van der Waals surface area (Å²) in [5, 5.41) is 4.19. The van der Waals surface area contributed by atoms with Gasteiger partial charge in [0.15, 0.2) is 0 Å². The minimum Gasteiger partial charge on any atom is -0.453 e. The molecule has 1 aliphatic rings. The molecule has 1 fully saturated rings. The molecule has 0 aromatic carbocycles. The van der Waals surface area contributed by atoms with E-state index in [4.69, 9.17) is 4.53 Å². The van der Waals surface area contributed by atoms with Gasteiger partial charge in [0.05, 0.1) is 0 Å². The molecule has 5 heteroatoms. The summed E-state index contributed by atoms with van der Waals surface area (Å²) in [6, 6.07) is 0. The van der Waals surface area contributed by atoms with Gasteiger partial charge in [0, 0.05) is 27.2 Å². The summed E-state index contributed by atoms with van der Waals surface area (Å²) >= 11 is 0. The van der Waals surface area contributed by atoms with Crippen LogP contribution in [-0.2, 0) is 4.53 Å². The lowest BCUT2D eigenvalue weighted by Crippen LogP contribution is -2.31. The molecule has 1 heterocycles. The number of rotatable bonds is 2. The molecule has 0 bridgehead atoms. The fraction of sp³-hybridized carbons (Fsp3) is 0.875. The summed E-state index contributed by atoms with van der Waals surface area (Å²) in [7, 11) is 2.55. The van der Waals surface area contributed by atoms with Gasteiger partial charge in [-0.05, 0) is 19.6 Å². The zero-order chi connectivity index (χ0) is 10.1. The standard InChI is InChI=1S/C8H19N3OSi/c1-10-6-7-11(2)8(10)9-12-13(3,4)5/h6-7H2,1-5H3. The van der Waals surface area contributed by atoms with Crippen molar-refractivity contribution in [1.82, 2.24) is 9.80 Å². The van der Waals surface area contributed by atoms with Crippen LogP contribution in [-0.4, -0.2) is 51.3 Å². The van der Waals surface area contributed by atoms with Gasteiger partial charge in [0.2, 0.25) is 5.96 Å². The van der Waals surface area contributed by atoms with Crippen molar-refractivity contribution in [2.75, 3.05) is 27.2 Å². The minimum atomic E-state index is -1.52. The Morgan fingerprint density at radius 1 is 1.15 bits per heavy atom. The van der Waals surface area contributed by atoms with E-state index in [1.165, 1.54) is 0 Å². The van der Waals surface area contributed by atoms with Gasteiger partial charge in [-0.2, -0.15) is 0 Å². The number of guanidine groups is 1. The second-order valence-corrected chi connectivity index (χ2v) is 8.85. The monoisotopic (exact) mass is 201 g/mol. The SMILES string of the molecule is CN1CCN(C)C1=NO[Si](C)(C)C. The molecule has 0 aromatic rings. The third-order valence-electron chi connectivity index (χ3n) is 1.85. The maximum Gasteiger partial charge on any atom is 0.278 e. The molecule has 0 radical (unpaired) electrons. The maximum atomic E-state index is 5.50. The lowest BCUT2D eigenvalue weighted by atomic mass is 10.6. The normalized spacial score (nSPS) is 18.1. The Labute approximate surface area is 81.3 Å². The Morgan fingerprint density at radius 2 is 1.62 bits per heavy atom. The zero-order valence-corrected chi connectivity index (χ0v) is 10.2. The average molecular weight is 201 g/mol. The highest BCUT2D eigenvalue weighted by molar-refractivity contribution is 6.69. The highest BCUT2D eigenvalue weighted by Crippen LogP contribution is 2.08. The quantitative estimate of drug-likeness (QED) is 0.492. The Hall–Kier alpha value is -0.713. The van der Waals surface area contributed by atoms with Gasteiger partial charge in [0.25, 0.3) is 8.32 Å². The molecule has 1 saturated heterocycles. The van der Waals surface area contributed by atoms with Crippen molar-refractivity contribution in [3.05, 3.63) is 0 Å². The van der Waals surface area contributed by atoms with Crippen LogP contribution in [0.2, 0.25) is 19.6 Å². The molecule has 0 aromatic heterocycles. The van der Waals surface area contributed by atoms with Crippen LogP contribution in [0.25, 0.3) is 0 Å². The van der Waals surface area contributed by atoms with E-state index in [0.29, 0.717) is 0 Å². The molecule has 76 valence electrons. The van der Waals surface area contributed by atoms with E-state index in [1.54, 1.807) is 0 Å². The van der Waals surface area contributed by atoms with Gasteiger partial charge in [0.1, 0.15) is 0 Å². The van der Waals surface area contributed by atoms with Crippen molar-refractivity contribution in [2.45, 2.75) is 19.6 Å². The molecule has 0 atom stereocenters. The van der Waals surface area contributed by atoms with Crippen molar-refractivity contribution >= 4 is 14.3 Å². The van der Waals surface area contributed by atoms with Gasteiger partial charge in [-0.25, -0.2) is 0 Å². The van der Waals surface area contributed by atoms with Gasteiger partial charge >= 0.3 is 0 Å². The number of nitrogens with zero attached hydrogens (tertiary/aromatic N) is 3. The number of oxime groups is 1. The molecule has 0 saturated carbocycles. The maximum absolute atomic E-state index is 5.50. The van der Waals surface area contributed by atoms with Crippen molar-refractivity contribution in [1.29, 1.82) is 0 Å². The zero-order valence-electron chi connectivity index (χ0n) is 9.16. The first-order valence-electron chi connectivity index (χ1n) is 4.58. The van der Waals surface area contributed by atoms with E-state index in [1.807, 2.05) is 14.1 Å². The predicted molar refractivity (Wildman–Crippen MR) is 57.1 cm³/mol. The van der Waals surface area contributed by atoms with Crippen molar-refractivity contribution in [3.63, 3.8) is 0 Å². The van der Waals surface area contributed by atoms with E-state index in [9.17, 15) is 0 Å². The van der Waals surface area contributed by atoms with Gasteiger partial charge < -0.3 is 14.3 Å². The summed E-state index contributed by atoms with van der Waals surface area (Å²) in [6.07, 6.45) is 0. The first kappa shape index (κ1) is 10.4. The molecule has 0 amide bonds. The topological polar surface area (TPSA) is 28.1 Å². The van der Waals surface area contributed by atoms with E-state index in [2.05, 4.69) is 34.6 Å². The van der Waals surface area contributed by atoms with Crippen LogP contribution in [0.15, 0.2) is 5.16 Å². The Bertz CT molecular complexity index is 200. The van der Waals surface area contributed by atoms with Crippen LogP contribution in [0.3, 0.4) is 0 Å². The van der Waals surface area contributed by atoms with Crippen molar-refractivity contribution < 1.29 is 4.53 Å². The summed E-state index contributed by atoms with van der Waals surface area (Å²) in [5.74, 6) is 0.947. The molecule has 0 spiro atoms. The first-order chi connectivity index (χ1) is 5.90. The summed E-state index contributed by atoms with van der Waals surface area (Å²) < 4.78 is 5.50. The van der Waals surface area contributed by atoms with Gasteiger partial charge in [-0.15, -0.1) is 0 Å². The molecule has 0 aliphatic carbocycles. The lowest BCUT2D eigenvalue weighted by molar-refractivity contribution is 0.317. The number of hydrogen-bond donors (Lipinski definition) is 0. The summed E-state index contributed by atoms with van der Waals surface area (Å²) in [5.41, 5.74) is 0. The molecular formula is C8H19N3OSi. The highest BCUT2D eigenvalue weighted by atomic mass is 28.4. The highest BCUT2D eigenvalue weighted by Gasteiger charge is 2.22. The average Bonchev–Trinajstić information content (AvgIpc) is 2.27. The fourth-order valence-corrected chi connectivity index (χ4v) is 1.46. The second kappa shape index (κ2) is 3.57. The van der Waals surface area contributed by atoms with Crippen LogP contribution in [0.5, 0.6) is 0 Å². The Kier molecular flexibility index (Phi) is 2.85. The van der Waals surface area contributed by atoms with E-state index < -0.39 is 8.32 Å². The second-order valence-electron chi connectivity index (χ2n) is 4.44. The molecule has 0 N–H and O–H groups in total. The van der Waals surface area contributed by atoms with E-state index in [0.717, 1.165) is 19.0 Å². The largest absolute Gasteiger partial charge is 0.453 e.